The number of carbonyl (C=O) groups excluding carboxylic acids is 4. The lowest BCUT2D eigenvalue weighted by Gasteiger charge is -2.27. The van der Waals surface area contributed by atoms with Crippen molar-refractivity contribution in [2.45, 2.75) is 56.5 Å². The molecule has 2 fully saturated rings. The lowest BCUT2D eigenvalue weighted by molar-refractivity contribution is -0.120. The number of aliphatic hydroxyl groups excluding tert-OH is 1. The van der Waals surface area contributed by atoms with Gasteiger partial charge in [-0.3, -0.25) is 28.3 Å². The number of thioether (sulfide) groups is 1. The van der Waals surface area contributed by atoms with Gasteiger partial charge in [0.25, 0.3) is 32.1 Å². The van der Waals surface area contributed by atoms with Gasteiger partial charge < -0.3 is 55.4 Å². The Morgan fingerprint density at radius 2 is 0.958 bits per heavy atom. The second-order valence-electron chi connectivity index (χ2n) is 20.9. The number of aliphatic hydroxyl groups is 1. The van der Waals surface area contributed by atoms with Crippen molar-refractivity contribution in [1.82, 2.24) is 24.9 Å². The zero-order chi connectivity index (χ0) is 68.7. The Bertz CT molecular complexity index is 4070. The molecule has 0 bridgehead atoms. The molecule has 0 atom stereocenters. The lowest BCUT2D eigenvalue weighted by atomic mass is 10.1. The molecule has 7 aromatic rings. The first-order chi connectivity index (χ1) is 46.0. The van der Waals surface area contributed by atoms with Crippen molar-refractivity contribution in [3.05, 3.63) is 106 Å². The number of ketones is 2. The Morgan fingerprint density at radius 1 is 0.573 bits per heavy atom. The van der Waals surface area contributed by atoms with E-state index in [0.717, 1.165) is 58.3 Å². The summed E-state index contributed by atoms with van der Waals surface area (Å²) in [5.41, 5.74) is 3.10. The van der Waals surface area contributed by atoms with Gasteiger partial charge in [0.05, 0.1) is 75.1 Å². The Balaban J connectivity index is 1.05. The van der Waals surface area contributed by atoms with Crippen molar-refractivity contribution in [1.29, 1.82) is 0 Å². The standard InChI is InChI=1S/C61H69N17O13S5/c1-7-75(8-2)41-15-21-47(71-73-60-66-53(77-23-28-90-29-24-77)51(93-60)35-45(37(5)80)55(82)62-39-11-17-43(18-12-39)95(84,85)86)49(33-41)64-57-68-58(70-59(69-57)92-32-27-79)65-50-34-42(76(9-3)10-4)16-22-48(50)72-74-61-67-54(78-25-30-91-31-26-78)52(94-61)36-46(38(6)81)56(83)63-40-13-19-44(20-14-40)96(87,88)89/h11-22,33-36,79H,7-10,23-32H2,1-6H3,(H,62,82)(H,63,83)(H,84,85,86)(H,87,88,89)(H2,64,65,68,69,70). The van der Waals surface area contributed by atoms with Gasteiger partial charge in [-0.25, -0.2) is 0 Å². The van der Waals surface area contributed by atoms with E-state index in [-0.39, 0.29) is 72.0 Å². The topological polar surface area (TPSA) is 391 Å². The molecule has 7 N–H and O–H groups in total. The molecule has 96 heavy (non-hydrogen) atoms. The molecule has 506 valence electrons. The molecule has 2 saturated heterocycles. The number of hydrogen-bond donors (Lipinski definition) is 7. The predicted octanol–water partition coefficient (Wildman–Crippen LogP) is 10.3. The fourth-order valence-corrected chi connectivity index (χ4v) is 13.0. The van der Waals surface area contributed by atoms with Gasteiger partial charge in [-0.05, 0) is 139 Å². The SMILES string of the molecule is CCN(CC)c1ccc(N=Nc2nc(N3CCOCC3)c(C=C(C(C)=O)C(=O)Nc3ccc(S(=O)(=O)O)cc3)s2)c(Nc2nc(Nc3cc(N(CC)CC)ccc3N=Nc3nc(N4CCOCC4)c(C=C(C(C)=O)C(=O)Nc4ccc(S(=O)(=O)O)cc4)s3)nc(SCCO)n2)c1. The van der Waals surface area contributed by atoms with Gasteiger partial charge in [0, 0.05) is 80.9 Å². The number of benzene rings is 4. The molecule has 2 aliphatic heterocycles. The normalized spacial score (nSPS) is 14.1. The summed E-state index contributed by atoms with van der Waals surface area (Å²) in [4.78, 5) is 86.1. The molecular formula is C61H69N17O13S5. The largest absolute Gasteiger partial charge is 0.396 e. The number of amides is 2. The molecule has 0 saturated carbocycles. The fraction of sp³-hybridized carbons (Fsp3) is 0.328. The van der Waals surface area contributed by atoms with Crippen LogP contribution in [0.1, 0.15) is 51.3 Å². The molecule has 30 nitrogen and oxygen atoms in total. The minimum Gasteiger partial charge on any atom is -0.396 e. The van der Waals surface area contributed by atoms with E-state index in [1.54, 1.807) is 12.1 Å². The molecule has 2 aliphatic rings. The molecule has 4 aromatic carbocycles. The molecule has 0 unspecified atom stereocenters. The molecule has 9 rings (SSSR count). The summed E-state index contributed by atoms with van der Waals surface area (Å²) in [7, 11) is -8.99. The van der Waals surface area contributed by atoms with E-state index in [1.165, 1.54) is 62.0 Å². The number of morpholine rings is 2. The van der Waals surface area contributed by atoms with Crippen molar-refractivity contribution < 1.29 is 59.7 Å². The molecule has 35 heteroatoms. The van der Waals surface area contributed by atoms with Gasteiger partial charge in [-0.15, -0.1) is 20.5 Å². The van der Waals surface area contributed by atoms with Crippen molar-refractivity contribution in [2.24, 2.45) is 20.5 Å². The highest BCUT2D eigenvalue weighted by Gasteiger charge is 2.26. The second-order valence-corrected chi connectivity index (χ2v) is 26.9. The van der Waals surface area contributed by atoms with Gasteiger partial charge in [0.1, 0.15) is 23.0 Å². The first kappa shape index (κ1) is 71.3. The van der Waals surface area contributed by atoms with Gasteiger partial charge in [-0.2, -0.15) is 41.8 Å². The minimum atomic E-state index is -4.49. The van der Waals surface area contributed by atoms with E-state index in [1.807, 2.05) is 61.8 Å². The summed E-state index contributed by atoms with van der Waals surface area (Å²) in [6.45, 7) is 16.5. The third-order valence-corrected chi connectivity index (χ3v) is 18.9. The summed E-state index contributed by atoms with van der Waals surface area (Å²) in [5.74, 6) is -1.41. The number of carbonyl (C=O) groups is 4. The summed E-state index contributed by atoms with van der Waals surface area (Å²) < 4.78 is 76.7. The van der Waals surface area contributed by atoms with E-state index < -0.39 is 43.6 Å². The Kier molecular flexibility index (Phi) is 24.2. The van der Waals surface area contributed by atoms with Gasteiger partial charge >= 0.3 is 0 Å². The zero-order valence-electron chi connectivity index (χ0n) is 52.9. The van der Waals surface area contributed by atoms with Crippen LogP contribution in [-0.2, 0) is 48.9 Å². The van der Waals surface area contributed by atoms with E-state index in [4.69, 9.17) is 44.6 Å². The van der Waals surface area contributed by atoms with Crippen LogP contribution >= 0.6 is 34.4 Å². The smallest absolute Gasteiger partial charge is 0.294 e. The van der Waals surface area contributed by atoms with E-state index in [0.29, 0.717) is 123 Å². The number of rotatable bonds is 29. The maximum Gasteiger partial charge on any atom is 0.294 e. The monoisotopic (exact) mass is 1410 g/mol. The van der Waals surface area contributed by atoms with Crippen LogP contribution in [-0.4, -0.2) is 170 Å². The Labute approximate surface area is 565 Å². The van der Waals surface area contributed by atoms with Crippen LogP contribution < -0.4 is 40.9 Å². The number of aromatic nitrogens is 5. The number of nitrogens with zero attached hydrogens (tertiary/aromatic N) is 13. The first-order valence-corrected chi connectivity index (χ1v) is 35.6. The summed E-state index contributed by atoms with van der Waals surface area (Å²) >= 11 is 3.35. The van der Waals surface area contributed by atoms with Crippen LogP contribution in [0, 0.1) is 0 Å². The van der Waals surface area contributed by atoms with E-state index in [9.17, 15) is 50.2 Å². The van der Waals surface area contributed by atoms with Crippen molar-refractivity contribution in [2.75, 3.05) is 132 Å². The molecule has 0 aliphatic carbocycles. The molecule has 0 spiro atoms. The molecule has 0 radical (unpaired) electrons. The minimum absolute atomic E-state index is 0.0810. The number of anilines is 10. The highest BCUT2D eigenvalue weighted by atomic mass is 32.2. The first-order valence-electron chi connectivity index (χ1n) is 30.1. The zero-order valence-corrected chi connectivity index (χ0v) is 57.0. The molecule has 2 amide bonds. The van der Waals surface area contributed by atoms with Crippen molar-refractivity contribution >= 4 is 169 Å². The average molecular weight is 1410 g/mol. The quantitative estimate of drug-likeness (QED) is 0.00572. The Hall–Kier alpha value is -9.04. The average Bonchev–Trinajstić information content (AvgIpc) is 1.85. The summed E-state index contributed by atoms with van der Waals surface area (Å²) in [5, 5.41) is 41.2. The van der Waals surface area contributed by atoms with Crippen LogP contribution in [0.25, 0.3) is 12.2 Å². The maximum atomic E-state index is 13.7. The van der Waals surface area contributed by atoms with Crippen LogP contribution in [0.2, 0.25) is 0 Å². The summed E-state index contributed by atoms with van der Waals surface area (Å²) in [6.07, 6.45) is 2.84. The highest BCUT2D eigenvalue weighted by Crippen LogP contribution is 2.41. The van der Waals surface area contributed by atoms with Crippen molar-refractivity contribution in [3.63, 3.8) is 0 Å². The number of azo groups is 2. The van der Waals surface area contributed by atoms with Crippen LogP contribution in [0.3, 0.4) is 0 Å². The fourth-order valence-electron chi connectivity index (χ4n) is 9.73. The maximum absolute atomic E-state index is 13.7. The highest BCUT2D eigenvalue weighted by molar-refractivity contribution is 7.99. The number of Topliss-reactive ketones (excluding diaryl/α,β-unsaturated/α-hetero) is 2. The summed E-state index contributed by atoms with van der Waals surface area (Å²) in [6, 6.07) is 20.7. The third kappa shape index (κ3) is 18.7. The van der Waals surface area contributed by atoms with Crippen LogP contribution in [0.15, 0.2) is 131 Å². The van der Waals surface area contributed by atoms with Gasteiger partial charge in [0.2, 0.25) is 22.2 Å². The predicted molar refractivity (Wildman–Crippen MR) is 370 cm³/mol. The molecule has 3 aromatic heterocycles. The van der Waals surface area contributed by atoms with Gasteiger partial charge in [-0.1, -0.05) is 34.4 Å². The Morgan fingerprint density at radius 3 is 1.30 bits per heavy atom. The second kappa shape index (κ2) is 32.6. The van der Waals surface area contributed by atoms with Crippen LogP contribution in [0.5, 0.6) is 0 Å². The number of ether oxygens (including phenoxy) is 2. The lowest BCUT2D eigenvalue weighted by Crippen LogP contribution is -2.36. The van der Waals surface area contributed by atoms with E-state index in [2.05, 4.69) is 41.3 Å². The number of hydrogen-bond acceptors (Lipinski definition) is 29. The molecule has 5 heterocycles. The van der Waals surface area contributed by atoms with Crippen molar-refractivity contribution in [3.8, 4) is 0 Å². The van der Waals surface area contributed by atoms with Crippen LogP contribution in [0.4, 0.5) is 79.3 Å². The van der Waals surface area contributed by atoms with E-state index >= 15 is 0 Å². The van der Waals surface area contributed by atoms with Gasteiger partial charge in [0.15, 0.2) is 16.7 Å². The third-order valence-electron chi connectivity index (χ3n) is 14.6. The molecular weight excluding hydrogens is 1340 g/mol. The number of nitrogens with one attached hydrogen (secondary N) is 4. The number of thiazole rings is 2.